The fourth-order valence-electron chi connectivity index (χ4n) is 2.62. The first kappa shape index (κ1) is 17.8. The number of phenols is 1. The van der Waals surface area contributed by atoms with E-state index in [4.69, 9.17) is 0 Å². The number of rotatable bonds is 4. The molecule has 134 valence electrons. The van der Waals surface area contributed by atoms with E-state index >= 15 is 0 Å². The highest BCUT2D eigenvalue weighted by Gasteiger charge is 2.14. The van der Waals surface area contributed by atoms with Crippen LogP contribution in [0, 0.1) is 6.92 Å². The Bertz CT molecular complexity index is 1110. The number of hydrogen-bond acceptors (Lipinski definition) is 4. The molecule has 0 radical (unpaired) electrons. The summed E-state index contributed by atoms with van der Waals surface area (Å²) in [7, 11) is -3.43. The quantitative estimate of drug-likeness (QED) is 0.655. The lowest BCUT2D eigenvalue weighted by Crippen LogP contribution is -2.14. The van der Waals surface area contributed by atoms with Crippen molar-refractivity contribution >= 4 is 38.1 Å². The van der Waals surface area contributed by atoms with Crippen molar-refractivity contribution in [3.8, 4) is 5.75 Å². The SMILES string of the molecule is Cc1ccc(NC(=O)c2cc3ccccc3cc2O)cc1NS(C)(=O)=O. The maximum atomic E-state index is 12.6. The third-order valence-electron chi connectivity index (χ3n) is 3.90. The summed E-state index contributed by atoms with van der Waals surface area (Å²) in [4.78, 5) is 12.6. The summed E-state index contributed by atoms with van der Waals surface area (Å²) in [6.45, 7) is 1.76. The number of carbonyl (C=O) groups excluding carboxylic acids is 1. The minimum atomic E-state index is -3.43. The standard InChI is InChI=1S/C19H18N2O4S/c1-12-7-8-15(11-17(12)21-26(2,24)25)20-19(23)16-9-13-5-3-4-6-14(13)10-18(16)22/h3-11,21-22H,1-2H3,(H,20,23). The topological polar surface area (TPSA) is 95.5 Å². The highest BCUT2D eigenvalue weighted by molar-refractivity contribution is 7.92. The number of hydrogen-bond donors (Lipinski definition) is 3. The van der Waals surface area contributed by atoms with Gasteiger partial charge in [0, 0.05) is 5.69 Å². The first-order valence-electron chi connectivity index (χ1n) is 7.84. The van der Waals surface area contributed by atoms with Crippen LogP contribution in [0.4, 0.5) is 11.4 Å². The molecule has 0 atom stereocenters. The molecule has 0 heterocycles. The predicted octanol–water partition coefficient (Wildman–Crippen LogP) is 3.48. The van der Waals surface area contributed by atoms with Crippen LogP contribution in [0.1, 0.15) is 15.9 Å². The molecule has 0 aromatic heterocycles. The minimum Gasteiger partial charge on any atom is -0.507 e. The predicted molar refractivity (Wildman–Crippen MR) is 103 cm³/mol. The molecule has 0 aliphatic heterocycles. The minimum absolute atomic E-state index is 0.122. The van der Waals surface area contributed by atoms with Crippen LogP contribution in [0.5, 0.6) is 5.75 Å². The second-order valence-corrected chi connectivity index (χ2v) is 7.82. The molecule has 7 heteroatoms. The molecule has 0 saturated heterocycles. The highest BCUT2D eigenvalue weighted by Crippen LogP contribution is 2.27. The first-order valence-corrected chi connectivity index (χ1v) is 9.73. The maximum Gasteiger partial charge on any atom is 0.259 e. The Morgan fingerprint density at radius 1 is 1.00 bits per heavy atom. The molecule has 1 amide bonds. The van der Waals surface area contributed by atoms with Crippen LogP contribution in [0.15, 0.2) is 54.6 Å². The van der Waals surface area contributed by atoms with E-state index in [1.54, 1.807) is 25.1 Å². The van der Waals surface area contributed by atoms with Gasteiger partial charge in [0.25, 0.3) is 5.91 Å². The lowest BCUT2D eigenvalue weighted by Gasteiger charge is -2.12. The number of amides is 1. The van der Waals surface area contributed by atoms with Gasteiger partial charge in [-0.25, -0.2) is 8.42 Å². The second kappa shape index (κ2) is 6.68. The molecular formula is C19H18N2O4S. The third kappa shape index (κ3) is 3.94. The van der Waals surface area contributed by atoms with E-state index in [0.717, 1.165) is 22.6 Å². The van der Waals surface area contributed by atoms with Crippen LogP contribution in [0.25, 0.3) is 10.8 Å². The number of phenolic OH excluding ortho intramolecular Hbond substituents is 1. The molecule has 3 aromatic rings. The summed E-state index contributed by atoms with van der Waals surface area (Å²) in [6.07, 6.45) is 1.06. The van der Waals surface area contributed by atoms with E-state index in [1.807, 2.05) is 24.3 Å². The van der Waals surface area contributed by atoms with Gasteiger partial charge in [0.05, 0.1) is 17.5 Å². The fraction of sp³-hybridized carbons (Fsp3) is 0.105. The third-order valence-corrected chi connectivity index (χ3v) is 4.49. The lowest BCUT2D eigenvalue weighted by molar-refractivity contribution is 0.102. The molecule has 0 aliphatic carbocycles. The molecule has 0 spiro atoms. The summed E-state index contributed by atoms with van der Waals surface area (Å²) < 4.78 is 25.3. The number of benzene rings is 3. The summed E-state index contributed by atoms with van der Waals surface area (Å²) in [6, 6.07) is 15.5. The Balaban J connectivity index is 1.91. The molecule has 0 bridgehead atoms. The summed E-state index contributed by atoms with van der Waals surface area (Å²) >= 11 is 0. The van der Waals surface area contributed by atoms with Crippen molar-refractivity contribution in [2.24, 2.45) is 0 Å². The zero-order valence-electron chi connectivity index (χ0n) is 14.3. The number of anilines is 2. The molecular weight excluding hydrogens is 352 g/mol. The zero-order valence-corrected chi connectivity index (χ0v) is 15.1. The van der Waals surface area contributed by atoms with Gasteiger partial charge in [0.1, 0.15) is 5.75 Å². The molecule has 3 aromatic carbocycles. The smallest absolute Gasteiger partial charge is 0.259 e. The summed E-state index contributed by atoms with van der Waals surface area (Å²) in [5.41, 5.74) is 1.66. The van der Waals surface area contributed by atoms with Crippen molar-refractivity contribution in [2.75, 3.05) is 16.3 Å². The van der Waals surface area contributed by atoms with Gasteiger partial charge in [0.2, 0.25) is 10.0 Å². The molecule has 0 unspecified atom stereocenters. The van der Waals surface area contributed by atoms with E-state index in [1.165, 1.54) is 12.1 Å². The molecule has 6 nitrogen and oxygen atoms in total. The number of aromatic hydroxyl groups is 1. The van der Waals surface area contributed by atoms with Crippen LogP contribution in [0.3, 0.4) is 0 Å². The van der Waals surface area contributed by atoms with Crippen LogP contribution >= 0.6 is 0 Å². The largest absolute Gasteiger partial charge is 0.507 e. The van der Waals surface area contributed by atoms with Crippen LogP contribution in [-0.4, -0.2) is 25.7 Å². The van der Waals surface area contributed by atoms with Crippen LogP contribution in [0.2, 0.25) is 0 Å². The van der Waals surface area contributed by atoms with E-state index in [-0.39, 0.29) is 11.3 Å². The molecule has 3 N–H and O–H groups in total. The van der Waals surface area contributed by atoms with E-state index in [2.05, 4.69) is 10.0 Å². The number of carbonyl (C=O) groups is 1. The molecule has 0 fully saturated rings. The Morgan fingerprint density at radius 3 is 2.31 bits per heavy atom. The average Bonchev–Trinajstić information content (AvgIpc) is 2.56. The van der Waals surface area contributed by atoms with Crippen molar-refractivity contribution in [3.63, 3.8) is 0 Å². The van der Waals surface area contributed by atoms with Crippen molar-refractivity contribution in [2.45, 2.75) is 6.92 Å². The zero-order chi connectivity index (χ0) is 18.9. The Labute approximate surface area is 151 Å². The van der Waals surface area contributed by atoms with E-state index in [9.17, 15) is 18.3 Å². The maximum absolute atomic E-state index is 12.6. The van der Waals surface area contributed by atoms with Gasteiger partial charge in [-0.3, -0.25) is 9.52 Å². The van der Waals surface area contributed by atoms with Gasteiger partial charge in [0.15, 0.2) is 0 Å². The number of fused-ring (bicyclic) bond motifs is 1. The van der Waals surface area contributed by atoms with Gasteiger partial charge < -0.3 is 10.4 Å². The van der Waals surface area contributed by atoms with Crippen molar-refractivity contribution in [1.29, 1.82) is 0 Å². The van der Waals surface area contributed by atoms with Gasteiger partial charge in [-0.05, 0) is 47.5 Å². The van der Waals surface area contributed by atoms with E-state index in [0.29, 0.717) is 11.4 Å². The van der Waals surface area contributed by atoms with Crippen LogP contribution < -0.4 is 10.0 Å². The van der Waals surface area contributed by atoms with Gasteiger partial charge in [-0.2, -0.15) is 0 Å². The fourth-order valence-corrected chi connectivity index (χ4v) is 3.24. The first-order chi connectivity index (χ1) is 12.2. The molecule has 3 rings (SSSR count). The Morgan fingerprint density at radius 2 is 1.65 bits per heavy atom. The number of nitrogens with one attached hydrogen (secondary N) is 2. The van der Waals surface area contributed by atoms with Gasteiger partial charge in [-0.1, -0.05) is 30.3 Å². The molecule has 0 aliphatic rings. The van der Waals surface area contributed by atoms with E-state index < -0.39 is 15.9 Å². The van der Waals surface area contributed by atoms with Gasteiger partial charge >= 0.3 is 0 Å². The Kier molecular flexibility index (Phi) is 4.56. The lowest BCUT2D eigenvalue weighted by atomic mass is 10.1. The number of aryl methyl sites for hydroxylation is 1. The molecule has 26 heavy (non-hydrogen) atoms. The Hall–Kier alpha value is -3.06. The van der Waals surface area contributed by atoms with Crippen molar-refractivity contribution in [3.05, 3.63) is 65.7 Å². The van der Waals surface area contributed by atoms with Crippen molar-refractivity contribution in [1.82, 2.24) is 0 Å². The molecule has 0 saturated carbocycles. The van der Waals surface area contributed by atoms with Gasteiger partial charge in [-0.15, -0.1) is 0 Å². The van der Waals surface area contributed by atoms with Crippen molar-refractivity contribution < 1.29 is 18.3 Å². The summed E-state index contributed by atoms with van der Waals surface area (Å²) in [5, 5.41) is 14.5. The average molecular weight is 370 g/mol. The second-order valence-electron chi connectivity index (χ2n) is 6.07. The monoisotopic (exact) mass is 370 g/mol. The normalized spacial score (nSPS) is 11.3. The highest BCUT2D eigenvalue weighted by atomic mass is 32.2. The van der Waals surface area contributed by atoms with Crippen LogP contribution in [-0.2, 0) is 10.0 Å². The summed E-state index contributed by atoms with van der Waals surface area (Å²) in [5.74, 6) is -0.606. The number of sulfonamides is 1.